The van der Waals surface area contributed by atoms with Gasteiger partial charge in [-0.3, -0.25) is 4.79 Å². The number of alkyl halides is 1. The Balaban J connectivity index is 0. The average Bonchev–Trinajstić information content (AvgIpc) is 3.19. The molecule has 1 aliphatic rings. The third-order valence-electron chi connectivity index (χ3n) is 5.84. The van der Waals surface area contributed by atoms with E-state index in [-0.39, 0.29) is 22.1 Å². The number of likely N-dealkylation sites (N-methyl/N-ethyl adjacent to an activating group) is 1. The standard InChI is InChI=1S/C26H39FN4O2S.C3H6.2H2O/c1-5-31(6-2)16-15-29-26(33)24-19(3)23(30-20(24)4)18-21-11-12-22(34-17-8-7-13-27)10-9-14-28-25(21)32;1-3-2;;/h7-9,11-12,14,18,22,25,28,30,32H,5-6,10,13,15-17H2,1-4H3,(H,29,33);3H,1H2,2H3;2*1H2/b8-7+,12-11+,14-9+,21-18-;;;. The zero-order valence-corrected chi connectivity index (χ0v) is 24.8. The summed E-state index contributed by atoms with van der Waals surface area (Å²) in [6, 6.07) is 0. The van der Waals surface area contributed by atoms with Crippen LogP contribution in [0, 0.1) is 13.8 Å². The van der Waals surface area contributed by atoms with E-state index in [1.807, 2.05) is 45.1 Å². The SMILES string of the molecule is C=CC.CCN(CC)CCNC(=O)c1c(C)[nH]c(/C=C2/C=C/C(SC/C=C/CF)C/C=C/NC2O)c1C.O.O. The van der Waals surface area contributed by atoms with Gasteiger partial charge in [0.15, 0.2) is 0 Å². The van der Waals surface area contributed by atoms with Crippen molar-refractivity contribution in [3.05, 3.63) is 77.3 Å². The molecule has 0 aliphatic carbocycles. The number of aliphatic hydroxyl groups excluding tert-OH is 1. The first-order valence-corrected chi connectivity index (χ1v) is 14.0. The van der Waals surface area contributed by atoms with Crippen molar-refractivity contribution in [2.45, 2.75) is 52.5 Å². The first-order valence-electron chi connectivity index (χ1n) is 12.9. The largest absolute Gasteiger partial charge is 0.412 e. The molecule has 2 unspecified atom stereocenters. The summed E-state index contributed by atoms with van der Waals surface area (Å²) in [4.78, 5) is 18.4. The van der Waals surface area contributed by atoms with E-state index in [1.54, 1.807) is 24.0 Å². The summed E-state index contributed by atoms with van der Waals surface area (Å²) in [6.45, 7) is 16.2. The molecule has 0 saturated carbocycles. The maximum absolute atomic E-state index is 12.9. The van der Waals surface area contributed by atoms with Gasteiger partial charge in [0.25, 0.3) is 5.91 Å². The Kier molecular flexibility index (Phi) is 21.9. The van der Waals surface area contributed by atoms with Crippen LogP contribution in [0.5, 0.6) is 0 Å². The molecule has 2 rings (SSSR count). The third-order valence-corrected chi connectivity index (χ3v) is 7.01. The van der Waals surface area contributed by atoms with E-state index >= 15 is 0 Å². The lowest BCUT2D eigenvalue weighted by Crippen LogP contribution is -2.35. The van der Waals surface area contributed by atoms with E-state index in [2.05, 4.69) is 47.0 Å². The van der Waals surface area contributed by atoms with Gasteiger partial charge in [0.1, 0.15) is 12.9 Å². The van der Waals surface area contributed by atoms with E-state index in [9.17, 15) is 14.3 Å². The van der Waals surface area contributed by atoms with E-state index in [1.165, 1.54) is 6.08 Å². The van der Waals surface area contributed by atoms with Crippen molar-refractivity contribution >= 4 is 23.7 Å². The number of amides is 1. The zero-order chi connectivity index (χ0) is 27.6. The lowest BCUT2D eigenvalue weighted by atomic mass is 10.1. The first-order chi connectivity index (χ1) is 17.8. The van der Waals surface area contributed by atoms with Gasteiger partial charge in [-0.1, -0.05) is 50.3 Å². The van der Waals surface area contributed by atoms with Crippen LogP contribution < -0.4 is 10.6 Å². The molecule has 0 saturated heterocycles. The van der Waals surface area contributed by atoms with Crippen molar-refractivity contribution in [3.63, 3.8) is 0 Å². The summed E-state index contributed by atoms with van der Waals surface area (Å²) >= 11 is 1.71. The van der Waals surface area contributed by atoms with Crippen molar-refractivity contribution in [2.24, 2.45) is 0 Å². The summed E-state index contributed by atoms with van der Waals surface area (Å²) in [5.41, 5.74) is 3.78. The van der Waals surface area contributed by atoms with Crippen molar-refractivity contribution < 1.29 is 25.2 Å². The van der Waals surface area contributed by atoms with Crippen molar-refractivity contribution in [3.8, 4) is 0 Å². The maximum atomic E-state index is 12.9. The van der Waals surface area contributed by atoms with E-state index in [0.29, 0.717) is 17.7 Å². The number of nitrogens with one attached hydrogen (secondary N) is 3. The summed E-state index contributed by atoms with van der Waals surface area (Å²) < 4.78 is 12.3. The van der Waals surface area contributed by atoms with Crippen molar-refractivity contribution in [1.29, 1.82) is 0 Å². The van der Waals surface area contributed by atoms with E-state index in [4.69, 9.17) is 0 Å². The van der Waals surface area contributed by atoms with Gasteiger partial charge in [0.05, 0.1) is 5.56 Å². The zero-order valence-electron chi connectivity index (χ0n) is 24.0. The van der Waals surface area contributed by atoms with E-state index < -0.39 is 12.9 Å². The molecule has 0 aromatic carbocycles. The summed E-state index contributed by atoms with van der Waals surface area (Å²) in [5.74, 6) is 0.635. The highest BCUT2D eigenvalue weighted by Gasteiger charge is 2.19. The Bertz CT molecular complexity index is 955. The predicted molar refractivity (Wildman–Crippen MR) is 165 cm³/mol. The molecule has 222 valence electrons. The monoisotopic (exact) mass is 568 g/mol. The van der Waals surface area contributed by atoms with Gasteiger partial charge in [-0.25, -0.2) is 4.39 Å². The number of carbonyl (C=O) groups is 1. The summed E-state index contributed by atoms with van der Waals surface area (Å²) in [7, 11) is 0. The Morgan fingerprint density at radius 3 is 2.56 bits per heavy atom. The number of halogens is 1. The smallest absolute Gasteiger partial charge is 0.253 e. The Hall–Kier alpha value is -2.63. The molecular formula is C29H49FN4O4S. The summed E-state index contributed by atoms with van der Waals surface area (Å²) in [5, 5.41) is 16.9. The number of hydrogen-bond acceptors (Lipinski definition) is 5. The Labute approximate surface area is 237 Å². The van der Waals surface area contributed by atoms with Gasteiger partial charge in [0, 0.05) is 41.1 Å². The highest BCUT2D eigenvalue weighted by molar-refractivity contribution is 8.00. The number of carbonyl (C=O) groups excluding carboxylic acids is 1. The molecule has 8 N–H and O–H groups in total. The number of thioether (sulfide) groups is 1. The number of H-pyrrole nitrogens is 1. The van der Waals surface area contributed by atoms with Gasteiger partial charge >= 0.3 is 0 Å². The minimum Gasteiger partial charge on any atom is -0.412 e. The lowest BCUT2D eigenvalue weighted by molar-refractivity contribution is 0.0948. The minimum atomic E-state index is -0.878. The molecule has 10 heteroatoms. The molecule has 0 fully saturated rings. The fourth-order valence-corrected chi connectivity index (χ4v) is 4.72. The maximum Gasteiger partial charge on any atom is 0.253 e. The number of aryl methyl sites for hydroxylation is 1. The van der Waals surface area contributed by atoms with Gasteiger partial charge in [-0.2, -0.15) is 0 Å². The minimum absolute atomic E-state index is 0. The molecule has 2 heterocycles. The van der Waals surface area contributed by atoms with Crippen LogP contribution in [0.3, 0.4) is 0 Å². The highest BCUT2D eigenvalue weighted by Crippen LogP contribution is 2.23. The van der Waals surface area contributed by atoms with Gasteiger partial charge < -0.3 is 36.6 Å². The van der Waals surface area contributed by atoms with Crippen LogP contribution in [-0.4, -0.2) is 81.9 Å². The molecule has 8 nitrogen and oxygen atoms in total. The van der Waals surface area contributed by atoms with Gasteiger partial charge in [0.2, 0.25) is 0 Å². The number of nitrogens with zero attached hydrogens (tertiary/aromatic N) is 1. The molecule has 0 bridgehead atoms. The second kappa shape index (κ2) is 22.2. The predicted octanol–water partition coefficient (Wildman–Crippen LogP) is 3.64. The second-order valence-electron chi connectivity index (χ2n) is 8.56. The highest BCUT2D eigenvalue weighted by atomic mass is 32.2. The molecule has 0 spiro atoms. The number of aromatic nitrogens is 1. The number of allylic oxidation sites excluding steroid dienone is 3. The second-order valence-corrected chi connectivity index (χ2v) is 9.84. The van der Waals surface area contributed by atoms with Crippen LogP contribution >= 0.6 is 11.8 Å². The Morgan fingerprint density at radius 1 is 1.28 bits per heavy atom. The summed E-state index contributed by atoms with van der Waals surface area (Å²) in [6.07, 6.45) is 14.6. The van der Waals surface area contributed by atoms with Crippen LogP contribution in [0.2, 0.25) is 0 Å². The Morgan fingerprint density at radius 2 is 1.95 bits per heavy atom. The quantitative estimate of drug-likeness (QED) is 0.301. The fourth-order valence-electron chi connectivity index (χ4n) is 3.79. The lowest BCUT2D eigenvalue weighted by Gasteiger charge is -2.18. The molecular weight excluding hydrogens is 519 g/mol. The van der Waals surface area contributed by atoms with Crippen molar-refractivity contribution in [1.82, 2.24) is 20.5 Å². The van der Waals surface area contributed by atoms with Crippen LogP contribution in [0.15, 0.2) is 54.8 Å². The number of aromatic amines is 1. The molecule has 39 heavy (non-hydrogen) atoms. The molecule has 2 atom stereocenters. The van der Waals surface area contributed by atoms with Crippen LogP contribution in [0.25, 0.3) is 6.08 Å². The van der Waals surface area contributed by atoms with Crippen LogP contribution in [-0.2, 0) is 0 Å². The molecule has 0 radical (unpaired) electrons. The van der Waals surface area contributed by atoms with Crippen LogP contribution in [0.1, 0.15) is 54.5 Å². The normalized spacial score (nSPS) is 19.3. The van der Waals surface area contributed by atoms with Gasteiger partial charge in [-0.15, -0.1) is 18.3 Å². The first kappa shape index (κ1) is 38.5. The number of hydrogen-bond donors (Lipinski definition) is 4. The topological polar surface area (TPSA) is 143 Å². The molecule has 1 aromatic rings. The third kappa shape index (κ3) is 13.8. The van der Waals surface area contributed by atoms with Gasteiger partial charge in [-0.05, 0) is 58.1 Å². The fraction of sp³-hybridized carbons (Fsp3) is 0.483. The van der Waals surface area contributed by atoms with Crippen LogP contribution in [0.4, 0.5) is 4.39 Å². The number of aliphatic hydroxyl groups is 1. The molecule has 1 amide bonds. The molecule has 1 aromatic heterocycles. The molecule has 1 aliphatic heterocycles. The average molecular weight is 569 g/mol. The van der Waals surface area contributed by atoms with Crippen molar-refractivity contribution in [2.75, 3.05) is 38.6 Å². The van der Waals surface area contributed by atoms with E-state index in [0.717, 1.165) is 48.8 Å². The number of rotatable bonds is 11.